The molecule has 21 aliphatic rings. The molecule has 13 nitrogen and oxygen atoms in total. The summed E-state index contributed by atoms with van der Waals surface area (Å²) in [7, 11) is 0. The lowest BCUT2D eigenvalue weighted by atomic mass is 9.28. The lowest BCUT2D eigenvalue weighted by Gasteiger charge is -2.74. The van der Waals surface area contributed by atoms with E-state index in [4.69, 9.17) is 18.6 Å². The zero-order valence-corrected chi connectivity index (χ0v) is 57.2. The van der Waals surface area contributed by atoms with Crippen molar-refractivity contribution in [2.75, 3.05) is 26.4 Å². The highest BCUT2D eigenvalue weighted by molar-refractivity contribution is 5.96. The van der Waals surface area contributed by atoms with E-state index in [-0.39, 0.29) is 95.0 Å². The smallest absolute Gasteiger partial charge is 0.339 e. The molecule has 1 aromatic heterocycles. The summed E-state index contributed by atoms with van der Waals surface area (Å²) in [5.41, 5.74) is -5.15. The van der Waals surface area contributed by atoms with Crippen LogP contribution in [0.5, 0.6) is 0 Å². The van der Waals surface area contributed by atoms with E-state index >= 15 is 19.5 Å². The number of hydrogen-bond donors (Lipinski definition) is 4. The largest absolute Gasteiger partial charge is 0.469 e. The summed E-state index contributed by atoms with van der Waals surface area (Å²) in [5, 5.41) is 42.4. The van der Waals surface area contributed by atoms with E-state index in [2.05, 4.69) is 108 Å². The van der Waals surface area contributed by atoms with Gasteiger partial charge in [0.1, 0.15) is 41.2 Å². The van der Waals surface area contributed by atoms with Gasteiger partial charge in [0.05, 0.1) is 42.6 Å². The topological polar surface area (TPSA) is 181 Å². The van der Waals surface area contributed by atoms with Crippen molar-refractivity contribution in [2.45, 2.75) is 202 Å². The molecule has 23 rings (SSSR count). The molecule has 0 amide bonds. The van der Waals surface area contributed by atoms with E-state index in [9.17, 15) is 14.9 Å². The van der Waals surface area contributed by atoms with E-state index in [0.29, 0.717) is 54.2 Å². The molecule has 7 aliphatic heterocycles. The molecule has 15 fully saturated rings. The third kappa shape index (κ3) is 6.25. The standard InChI is InChI=1S/C85H100N2O11/c1-76-40-52-41-81-56-35-53(77(81)26-7-8-27-77)23-29-80(81)75(93)95-44-79-69(52)82(54-14-9-12-47(33-54)32-46-10-3-2-4-11-46,85(76)73(97-85)74(92)96-72(76)60-25-31-94-66(60)39-61(65(89)43-88)50-17-20-59-51(34-50)24-30-87-45-86-42-64(59)87)71(91)68(90)70(79)83-55-19-16-49-18-21-62-58-15-6-5-13-48(58)22-28-78(62,63(49)37-55)67(83)38-57(36-56)84(79,80)98-83/h2-4,10-11,16,18-19,22-25,28-31,38,47-48,50-56,58-59,61-65,67,69-73,86,88-89,91H,5-9,12-15,17,20-21,26-27,32-37,39-45H2,1H3. The second kappa shape index (κ2) is 19.5. The van der Waals surface area contributed by atoms with Crippen molar-refractivity contribution in [1.29, 1.82) is 0 Å². The Bertz CT molecular complexity index is 4010. The van der Waals surface area contributed by atoms with Crippen LogP contribution in [0.4, 0.5) is 0 Å². The summed E-state index contributed by atoms with van der Waals surface area (Å²) in [5.74, 6) is 0.646. The van der Waals surface area contributed by atoms with Crippen LogP contribution in [0.3, 0.4) is 0 Å². The maximum absolute atomic E-state index is 18.6. The van der Waals surface area contributed by atoms with Crippen LogP contribution in [-0.4, -0.2) is 106 Å². The van der Waals surface area contributed by atoms with Gasteiger partial charge in [-0.25, -0.2) is 4.79 Å². The van der Waals surface area contributed by atoms with E-state index in [1.807, 2.05) is 6.07 Å². The van der Waals surface area contributed by atoms with Gasteiger partial charge in [0.2, 0.25) is 0 Å². The number of nitrogens with zero attached hydrogens (tertiary/aromatic N) is 1. The molecule has 1 aromatic carbocycles. The Kier molecular flexibility index (Phi) is 11.9. The molecule has 13 heteroatoms. The number of hydrogen-bond acceptors (Lipinski definition) is 13. The van der Waals surface area contributed by atoms with Gasteiger partial charge >= 0.3 is 11.9 Å². The van der Waals surface area contributed by atoms with Gasteiger partial charge < -0.3 is 43.6 Å². The average Bonchev–Trinajstić information content (AvgIpc) is 1.40. The number of carbonyl (C=O) groups excluding carboxylic acids is 3. The number of Topliss-reactive ketones (excluding diaryl/α,β-unsaturated/α-hetero) is 1. The van der Waals surface area contributed by atoms with Gasteiger partial charge in [0.25, 0.3) is 0 Å². The molecule has 10 saturated carbocycles. The predicted octanol–water partition coefficient (Wildman–Crippen LogP) is 12.2. The van der Waals surface area contributed by atoms with Gasteiger partial charge in [-0.1, -0.05) is 130 Å². The number of rotatable bonds is 9. The number of esters is 2. The molecule has 8 spiro atoms. The number of aliphatic hydroxyl groups excluding tert-OH is 3. The highest BCUT2D eigenvalue weighted by Crippen LogP contribution is 2.96. The quantitative estimate of drug-likeness (QED) is 0.106. The molecular formula is C85H100N2O11. The number of benzene rings is 1. The number of allylic oxidation sites excluding steroid dienone is 7. The van der Waals surface area contributed by atoms with Crippen molar-refractivity contribution >= 4 is 17.7 Å². The Morgan fingerprint density at radius 3 is 2.59 bits per heavy atom. The number of nitrogens with one attached hydrogen (secondary N) is 1. The minimum absolute atomic E-state index is 0.0265. The first-order valence-corrected chi connectivity index (χ1v) is 39.8. The van der Waals surface area contributed by atoms with Gasteiger partial charge in [-0.2, -0.15) is 0 Å². The number of fused-ring (bicyclic) bond motifs is 6. The first-order valence-electron chi connectivity index (χ1n) is 39.8. The Morgan fingerprint density at radius 2 is 1.71 bits per heavy atom. The number of furan rings is 1. The number of aliphatic hydroxyl groups is 3. The summed E-state index contributed by atoms with van der Waals surface area (Å²) in [6.45, 7) is 3.83. The first-order chi connectivity index (χ1) is 47.8. The Labute approximate surface area is 576 Å². The Hall–Kier alpha value is -4.89. The highest BCUT2D eigenvalue weighted by atomic mass is 16.7. The van der Waals surface area contributed by atoms with Gasteiger partial charge in [0.15, 0.2) is 11.9 Å². The van der Waals surface area contributed by atoms with Crippen LogP contribution in [0.2, 0.25) is 0 Å². The van der Waals surface area contributed by atoms with E-state index in [0.717, 1.165) is 128 Å². The van der Waals surface area contributed by atoms with Crippen LogP contribution >= 0.6 is 0 Å². The van der Waals surface area contributed by atoms with Crippen LogP contribution in [-0.2, 0) is 46.2 Å². The monoisotopic (exact) mass is 1320 g/mol. The van der Waals surface area contributed by atoms with Crippen molar-refractivity contribution in [3.05, 3.63) is 132 Å². The third-order valence-corrected chi connectivity index (χ3v) is 35.7. The minimum atomic E-state index is -1.55. The zero-order valence-electron chi connectivity index (χ0n) is 57.2. The summed E-state index contributed by atoms with van der Waals surface area (Å²) in [4.78, 5) is 54.5. The lowest BCUT2D eigenvalue weighted by Crippen LogP contribution is -2.84. The minimum Gasteiger partial charge on any atom is -0.469 e. The van der Waals surface area contributed by atoms with Crippen LogP contribution in [0.25, 0.3) is 0 Å². The van der Waals surface area contributed by atoms with Crippen molar-refractivity contribution < 1.29 is 53.1 Å². The summed E-state index contributed by atoms with van der Waals surface area (Å²) >= 11 is 0. The number of epoxide rings is 1. The number of cyclic esters (lactones) is 2. The lowest BCUT2D eigenvalue weighted by molar-refractivity contribution is -0.314. The maximum Gasteiger partial charge on any atom is 0.339 e. The molecule has 2 aromatic rings. The number of ketones is 1. The molecule has 8 heterocycles. The molecule has 98 heavy (non-hydrogen) atoms. The van der Waals surface area contributed by atoms with Crippen molar-refractivity contribution in [3.63, 3.8) is 0 Å². The molecule has 14 aliphatic carbocycles. The van der Waals surface area contributed by atoms with Gasteiger partial charge in [-0.05, 0) is 220 Å². The van der Waals surface area contributed by atoms with Crippen LogP contribution in [0.1, 0.15) is 165 Å². The summed E-state index contributed by atoms with van der Waals surface area (Å²) in [6, 6.07) is 13.4. The summed E-state index contributed by atoms with van der Waals surface area (Å²) < 4.78 is 38.9. The van der Waals surface area contributed by atoms with Crippen LogP contribution < -0.4 is 5.32 Å². The molecule has 5 saturated heterocycles. The van der Waals surface area contributed by atoms with Gasteiger partial charge in [-0.15, -0.1) is 0 Å². The third-order valence-electron chi connectivity index (χ3n) is 35.7. The van der Waals surface area contributed by atoms with E-state index in [1.54, 1.807) is 6.26 Å². The highest BCUT2D eigenvalue weighted by Gasteiger charge is 3.03. The van der Waals surface area contributed by atoms with E-state index in [1.165, 1.54) is 42.4 Å². The van der Waals surface area contributed by atoms with Crippen LogP contribution in [0.15, 0.2) is 119 Å². The predicted molar refractivity (Wildman–Crippen MR) is 361 cm³/mol. The second-order valence-corrected chi connectivity index (χ2v) is 37.5. The van der Waals surface area contributed by atoms with Gasteiger partial charge in [-0.3, -0.25) is 14.9 Å². The summed E-state index contributed by atoms with van der Waals surface area (Å²) in [6.07, 6.45) is 44.1. The number of ether oxygens (including phenoxy) is 4. The first kappa shape index (κ1) is 59.6. The van der Waals surface area contributed by atoms with Crippen molar-refractivity contribution in [1.82, 2.24) is 10.2 Å². The second-order valence-electron chi connectivity index (χ2n) is 37.5. The Balaban J connectivity index is 0.763. The van der Waals surface area contributed by atoms with E-state index < -0.39 is 86.1 Å². The zero-order chi connectivity index (χ0) is 65.3. The molecule has 0 radical (unpaired) electrons. The fraction of sp³-hybridized carbons (Fsp3) is 0.706. The molecule has 516 valence electrons. The molecule has 4 N–H and O–H groups in total. The fourth-order valence-electron chi connectivity index (χ4n) is 33.5. The van der Waals surface area contributed by atoms with Crippen molar-refractivity contribution in [3.8, 4) is 0 Å². The Morgan fingerprint density at radius 1 is 0.837 bits per heavy atom. The number of carbonyl (C=O) groups is 3. The SMILES string of the molecule is CC12CC3CC45C6CC7=CC8C9%10C=CC%11CCCCC%11C9CC=C9C=CC(CC9%10)C89OC78C7(COC(=O)C84C=CC(C6)C54CCCC4)C9C(=O)C(O)C(C4CCCC(Cc5ccccc5)C4)(C37)C13OC3C(=O)OC2c1ccoc1CC(C(O)CO)C1CCC2C(C=CN3CNCC23)C1. The molecule has 31 unspecified atom stereocenters. The molecular weight excluding hydrogens is 1220 g/mol. The average molecular weight is 1330 g/mol. The van der Waals surface area contributed by atoms with Crippen LogP contribution in [0, 0.1) is 139 Å². The molecule has 31 atom stereocenters. The maximum atomic E-state index is 18.6. The molecule has 8 bridgehead atoms. The normalized spacial score (nSPS) is 54.3. The van der Waals surface area contributed by atoms with Crippen molar-refractivity contribution in [2.24, 2.45) is 139 Å². The van der Waals surface area contributed by atoms with Gasteiger partial charge in [0, 0.05) is 58.1 Å². The fourth-order valence-corrected chi connectivity index (χ4v) is 33.5.